The van der Waals surface area contributed by atoms with Crippen LogP contribution >= 0.6 is 0 Å². The minimum Gasteiger partial charge on any atom is -0.378 e. The van der Waals surface area contributed by atoms with E-state index in [0.717, 1.165) is 22.5 Å². The highest BCUT2D eigenvalue weighted by Crippen LogP contribution is 2.17. The molecule has 0 saturated heterocycles. The summed E-state index contributed by atoms with van der Waals surface area (Å²) in [7, 11) is 0. The lowest BCUT2D eigenvalue weighted by atomic mass is 10.1. The fraction of sp³-hybridized carbons (Fsp3) is 0.235. The number of amides is 2. The van der Waals surface area contributed by atoms with Crippen LogP contribution < -0.4 is 21.3 Å². The Morgan fingerprint density at radius 1 is 0.476 bits per heavy atom. The minimum absolute atomic E-state index is 0.130. The SMILES string of the molecule is O=C(Nc1ccccc1)C(NCCOCCOCCNC(C(=O)Nc1ccccc1)c1ccccc1)c1ccccc1. The van der Waals surface area contributed by atoms with Gasteiger partial charge < -0.3 is 20.1 Å². The molecule has 0 bridgehead atoms. The van der Waals surface area contributed by atoms with Crippen molar-refractivity contribution in [3.63, 3.8) is 0 Å². The molecular weight excluding hydrogens is 528 g/mol. The molecule has 0 aromatic heterocycles. The minimum atomic E-state index is -0.506. The van der Waals surface area contributed by atoms with Crippen LogP contribution in [0.25, 0.3) is 0 Å². The third kappa shape index (κ3) is 10.2. The monoisotopic (exact) mass is 566 g/mol. The van der Waals surface area contributed by atoms with Gasteiger partial charge in [-0.2, -0.15) is 0 Å². The van der Waals surface area contributed by atoms with Gasteiger partial charge in [-0.3, -0.25) is 20.2 Å². The summed E-state index contributed by atoms with van der Waals surface area (Å²) in [5.74, 6) is -0.260. The van der Waals surface area contributed by atoms with E-state index in [-0.39, 0.29) is 11.8 Å². The molecule has 8 nitrogen and oxygen atoms in total. The standard InChI is InChI=1S/C34H38N4O4/c39-33(37-29-17-9-3-10-18-29)31(27-13-5-1-6-14-27)35-21-23-41-25-26-42-24-22-36-32(28-15-7-2-8-16-28)34(40)38-30-19-11-4-12-20-30/h1-20,31-32,35-36H,21-26H2,(H,37,39)(H,38,40). The molecule has 0 saturated carbocycles. The summed E-state index contributed by atoms with van der Waals surface area (Å²) in [6.45, 7) is 2.70. The molecule has 4 N–H and O–H groups in total. The number of rotatable bonds is 17. The number of hydrogen-bond donors (Lipinski definition) is 4. The molecule has 0 aliphatic carbocycles. The molecule has 4 rings (SSSR count). The van der Waals surface area contributed by atoms with Crippen molar-refractivity contribution in [2.75, 3.05) is 50.2 Å². The van der Waals surface area contributed by atoms with Crippen LogP contribution in [-0.4, -0.2) is 51.3 Å². The van der Waals surface area contributed by atoms with Gasteiger partial charge in [0.15, 0.2) is 0 Å². The lowest BCUT2D eigenvalue weighted by Crippen LogP contribution is -2.35. The predicted molar refractivity (Wildman–Crippen MR) is 166 cm³/mol. The lowest BCUT2D eigenvalue weighted by molar-refractivity contribution is -0.119. The Morgan fingerprint density at radius 3 is 1.17 bits per heavy atom. The van der Waals surface area contributed by atoms with Crippen LogP contribution in [0.4, 0.5) is 11.4 Å². The second-order valence-electron chi connectivity index (χ2n) is 9.53. The first-order valence-electron chi connectivity index (χ1n) is 14.1. The summed E-state index contributed by atoms with van der Waals surface area (Å²) in [4.78, 5) is 26.0. The first kappa shape index (κ1) is 30.6. The smallest absolute Gasteiger partial charge is 0.246 e. The van der Waals surface area contributed by atoms with E-state index in [4.69, 9.17) is 9.47 Å². The normalized spacial score (nSPS) is 12.3. The van der Waals surface area contributed by atoms with Crippen LogP contribution in [0, 0.1) is 0 Å². The van der Waals surface area contributed by atoms with Crippen LogP contribution in [0.5, 0.6) is 0 Å². The number of hydrogen-bond acceptors (Lipinski definition) is 6. The second-order valence-corrected chi connectivity index (χ2v) is 9.53. The van der Waals surface area contributed by atoms with Crippen LogP contribution in [0.2, 0.25) is 0 Å². The van der Waals surface area contributed by atoms with Gasteiger partial charge in [0.25, 0.3) is 0 Å². The molecule has 0 heterocycles. The number of carbonyl (C=O) groups excluding carboxylic acids is 2. The predicted octanol–water partition coefficient (Wildman–Crippen LogP) is 4.96. The van der Waals surface area contributed by atoms with Crippen molar-refractivity contribution in [2.24, 2.45) is 0 Å². The maximum absolute atomic E-state index is 13.0. The van der Waals surface area contributed by atoms with Gasteiger partial charge in [0.2, 0.25) is 11.8 Å². The van der Waals surface area contributed by atoms with Crippen LogP contribution in [0.1, 0.15) is 23.2 Å². The van der Waals surface area contributed by atoms with Crippen molar-refractivity contribution in [1.82, 2.24) is 10.6 Å². The van der Waals surface area contributed by atoms with E-state index in [1.54, 1.807) is 0 Å². The highest BCUT2D eigenvalue weighted by Gasteiger charge is 2.21. The van der Waals surface area contributed by atoms with Crippen molar-refractivity contribution in [2.45, 2.75) is 12.1 Å². The number of nitrogens with one attached hydrogen (secondary N) is 4. The Labute approximate surface area is 247 Å². The summed E-state index contributed by atoms with van der Waals surface area (Å²) < 4.78 is 11.4. The summed E-state index contributed by atoms with van der Waals surface area (Å²) in [5.41, 5.74) is 3.26. The van der Waals surface area contributed by atoms with E-state index < -0.39 is 12.1 Å². The van der Waals surface area contributed by atoms with Gasteiger partial charge in [0, 0.05) is 24.5 Å². The second kappa shape index (κ2) is 17.5. The van der Waals surface area contributed by atoms with Gasteiger partial charge in [0.05, 0.1) is 26.4 Å². The zero-order valence-corrected chi connectivity index (χ0v) is 23.6. The quantitative estimate of drug-likeness (QED) is 0.135. The Hall–Kier alpha value is -4.34. The van der Waals surface area contributed by atoms with E-state index in [0.29, 0.717) is 39.5 Å². The Kier molecular flexibility index (Phi) is 12.7. The molecule has 2 unspecified atom stereocenters. The van der Waals surface area contributed by atoms with E-state index in [2.05, 4.69) is 21.3 Å². The highest BCUT2D eigenvalue weighted by molar-refractivity contribution is 5.96. The molecule has 8 heteroatoms. The molecule has 42 heavy (non-hydrogen) atoms. The summed E-state index contributed by atoms with van der Waals surface area (Å²) in [6, 6.07) is 37.0. The summed E-state index contributed by atoms with van der Waals surface area (Å²) in [5, 5.41) is 12.5. The Balaban J connectivity index is 1.14. The van der Waals surface area contributed by atoms with Crippen molar-refractivity contribution in [1.29, 1.82) is 0 Å². The summed E-state index contributed by atoms with van der Waals surface area (Å²) in [6.07, 6.45) is 0. The molecule has 2 amide bonds. The van der Waals surface area contributed by atoms with E-state index in [1.165, 1.54) is 0 Å². The van der Waals surface area contributed by atoms with Gasteiger partial charge in [-0.05, 0) is 35.4 Å². The lowest BCUT2D eigenvalue weighted by Gasteiger charge is -2.19. The number of benzene rings is 4. The molecular formula is C34H38N4O4. The van der Waals surface area contributed by atoms with Gasteiger partial charge >= 0.3 is 0 Å². The van der Waals surface area contributed by atoms with Crippen molar-refractivity contribution >= 4 is 23.2 Å². The zero-order chi connectivity index (χ0) is 29.2. The molecule has 0 spiro atoms. The van der Waals surface area contributed by atoms with Gasteiger partial charge in [0.1, 0.15) is 12.1 Å². The maximum Gasteiger partial charge on any atom is 0.246 e. The fourth-order valence-electron chi connectivity index (χ4n) is 4.36. The number of anilines is 2. The van der Waals surface area contributed by atoms with Crippen molar-refractivity contribution in [3.05, 3.63) is 132 Å². The van der Waals surface area contributed by atoms with Crippen molar-refractivity contribution < 1.29 is 19.1 Å². The van der Waals surface area contributed by atoms with Gasteiger partial charge in [-0.1, -0.05) is 97.1 Å². The van der Waals surface area contributed by atoms with E-state index in [9.17, 15) is 9.59 Å². The largest absolute Gasteiger partial charge is 0.378 e. The maximum atomic E-state index is 13.0. The van der Waals surface area contributed by atoms with E-state index >= 15 is 0 Å². The van der Waals surface area contributed by atoms with Gasteiger partial charge in [-0.15, -0.1) is 0 Å². The Bertz CT molecular complexity index is 1220. The van der Waals surface area contributed by atoms with Gasteiger partial charge in [-0.25, -0.2) is 0 Å². The fourth-order valence-corrected chi connectivity index (χ4v) is 4.36. The third-order valence-electron chi connectivity index (χ3n) is 6.43. The molecule has 0 aliphatic heterocycles. The Morgan fingerprint density at radius 2 is 0.810 bits per heavy atom. The van der Waals surface area contributed by atoms with Crippen LogP contribution in [0.3, 0.4) is 0 Å². The van der Waals surface area contributed by atoms with Crippen molar-refractivity contribution in [3.8, 4) is 0 Å². The number of carbonyl (C=O) groups is 2. The average Bonchev–Trinajstić information content (AvgIpc) is 3.03. The van der Waals surface area contributed by atoms with E-state index in [1.807, 2.05) is 121 Å². The highest BCUT2D eigenvalue weighted by atomic mass is 16.5. The molecule has 4 aromatic rings. The topological polar surface area (TPSA) is 101 Å². The van der Waals surface area contributed by atoms with Crippen LogP contribution in [0.15, 0.2) is 121 Å². The first-order chi connectivity index (χ1) is 20.7. The molecule has 2 atom stereocenters. The average molecular weight is 567 g/mol. The summed E-state index contributed by atoms with van der Waals surface area (Å²) >= 11 is 0. The number of para-hydroxylation sites is 2. The number of ether oxygens (including phenoxy) is 2. The molecule has 0 radical (unpaired) electrons. The molecule has 4 aromatic carbocycles. The molecule has 0 fully saturated rings. The van der Waals surface area contributed by atoms with Crippen LogP contribution in [-0.2, 0) is 19.1 Å². The first-order valence-corrected chi connectivity index (χ1v) is 14.1. The molecule has 218 valence electrons. The molecule has 0 aliphatic rings. The zero-order valence-electron chi connectivity index (χ0n) is 23.6. The third-order valence-corrected chi connectivity index (χ3v) is 6.43.